The van der Waals surface area contributed by atoms with Crippen molar-refractivity contribution in [3.8, 4) is 5.69 Å². The van der Waals surface area contributed by atoms with Crippen molar-refractivity contribution < 1.29 is 18.0 Å². The zero-order valence-corrected chi connectivity index (χ0v) is 17.1. The standard InChI is InChI=1S/C19H15F3N8OS/c20-19(21,22)14-6-7-16(30-12-23-11-24-30)15(8-14)25-17(31)10-32-18-26-27-28-29(18)9-13-4-2-1-3-5-13/h1-8,11-12H,9-10H2,(H,25,31). The molecule has 0 aliphatic rings. The van der Waals surface area contributed by atoms with Crippen LogP contribution in [-0.2, 0) is 17.5 Å². The summed E-state index contributed by atoms with van der Waals surface area (Å²) in [5, 5.41) is 18.3. The van der Waals surface area contributed by atoms with Gasteiger partial charge in [-0.25, -0.2) is 14.3 Å². The van der Waals surface area contributed by atoms with E-state index >= 15 is 0 Å². The minimum atomic E-state index is -4.56. The average molecular weight is 460 g/mol. The summed E-state index contributed by atoms with van der Waals surface area (Å²) in [7, 11) is 0. The van der Waals surface area contributed by atoms with Gasteiger partial charge in [0.25, 0.3) is 0 Å². The topological polar surface area (TPSA) is 103 Å². The summed E-state index contributed by atoms with van der Waals surface area (Å²) in [6, 6.07) is 12.5. The van der Waals surface area contributed by atoms with Crippen LogP contribution in [0.15, 0.2) is 66.3 Å². The van der Waals surface area contributed by atoms with E-state index in [1.54, 1.807) is 4.68 Å². The monoisotopic (exact) mass is 460 g/mol. The van der Waals surface area contributed by atoms with Crippen molar-refractivity contribution in [2.24, 2.45) is 0 Å². The SMILES string of the molecule is O=C(CSc1nnnn1Cc1ccccc1)Nc1cc(C(F)(F)F)ccc1-n1cncn1. The molecule has 2 aromatic carbocycles. The van der Waals surface area contributed by atoms with E-state index < -0.39 is 17.6 Å². The van der Waals surface area contributed by atoms with Crippen LogP contribution in [0.5, 0.6) is 0 Å². The second kappa shape index (κ2) is 9.18. The van der Waals surface area contributed by atoms with Crippen LogP contribution in [0, 0.1) is 0 Å². The van der Waals surface area contributed by atoms with E-state index in [9.17, 15) is 18.0 Å². The van der Waals surface area contributed by atoms with Gasteiger partial charge in [-0.1, -0.05) is 42.1 Å². The van der Waals surface area contributed by atoms with E-state index in [1.807, 2.05) is 30.3 Å². The van der Waals surface area contributed by atoms with E-state index in [0.29, 0.717) is 11.7 Å². The van der Waals surface area contributed by atoms with Crippen molar-refractivity contribution in [2.45, 2.75) is 17.9 Å². The number of benzene rings is 2. The number of hydrogen-bond acceptors (Lipinski definition) is 7. The zero-order valence-electron chi connectivity index (χ0n) is 16.3. The van der Waals surface area contributed by atoms with Gasteiger partial charge < -0.3 is 5.32 Å². The molecular weight excluding hydrogens is 445 g/mol. The minimum absolute atomic E-state index is 0.0418. The number of aromatic nitrogens is 7. The zero-order chi connectivity index (χ0) is 22.6. The highest BCUT2D eigenvalue weighted by atomic mass is 32.2. The summed E-state index contributed by atoms with van der Waals surface area (Å²) in [6.07, 6.45) is -1.99. The van der Waals surface area contributed by atoms with Gasteiger partial charge in [-0.3, -0.25) is 4.79 Å². The number of carbonyl (C=O) groups is 1. The quantitative estimate of drug-likeness (QED) is 0.423. The molecule has 0 unspecified atom stereocenters. The minimum Gasteiger partial charge on any atom is -0.323 e. The molecule has 0 aliphatic heterocycles. The molecule has 4 rings (SSSR count). The van der Waals surface area contributed by atoms with E-state index in [4.69, 9.17) is 0 Å². The van der Waals surface area contributed by atoms with Crippen molar-refractivity contribution in [1.29, 1.82) is 0 Å². The van der Waals surface area contributed by atoms with Crippen LogP contribution in [0.2, 0.25) is 0 Å². The van der Waals surface area contributed by atoms with Crippen LogP contribution in [0.25, 0.3) is 5.69 Å². The maximum atomic E-state index is 13.2. The molecule has 0 radical (unpaired) electrons. The lowest BCUT2D eigenvalue weighted by atomic mass is 10.1. The third-order valence-corrected chi connectivity index (χ3v) is 5.23. The molecule has 2 heterocycles. The van der Waals surface area contributed by atoms with Crippen molar-refractivity contribution in [3.05, 3.63) is 72.3 Å². The van der Waals surface area contributed by atoms with Gasteiger partial charge in [0.15, 0.2) is 0 Å². The first kappa shape index (κ1) is 21.5. The fourth-order valence-electron chi connectivity index (χ4n) is 2.82. The van der Waals surface area contributed by atoms with E-state index in [-0.39, 0.29) is 17.1 Å². The van der Waals surface area contributed by atoms with Crippen LogP contribution < -0.4 is 5.32 Å². The average Bonchev–Trinajstić information content (AvgIpc) is 3.45. The van der Waals surface area contributed by atoms with E-state index in [1.165, 1.54) is 23.4 Å². The lowest BCUT2D eigenvalue weighted by Gasteiger charge is -2.14. The molecule has 1 amide bonds. The molecule has 0 atom stereocenters. The summed E-state index contributed by atoms with van der Waals surface area (Å²) in [6.45, 7) is 0.419. The number of thioether (sulfide) groups is 1. The molecule has 4 aromatic rings. The largest absolute Gasteiger partial charge is 0.416 e. The predicted molar refractivity (Wildman–Crippen MR) is 109 cm³/mol. The lowest BCUT2D eigenvalue weighted by Crippen LogP contribution is -2.17. The molecule has 0 saturated carbocycles. The summed E-state index contributed by atoms with van der Waals surface area (Å²) in [4.78, 5) is 16.3. The van der Waals surface area contributed by atoms with Crippen molar-refractivity contribution in [2.75, 3.05) is 11.1 Å². The molecule has 2 aromatic heterocycles. The van der Waals surface area contributed by atoms with Crippen LogP contribution in [0.4, 0.5) is 18.9 Å². The van der Waals surface area contributed by atoms with Gasteiger partial charge >= 0.3 is 6.18 Å². The highest BCUT2D eigenvalue weighted by Crippen LogP contribution is 2.33. The van der Waals surface area contributed by atoms with Gasteiger partial charge in [-0.2, -0.15) is 18.3 Å². The predicted octanol–water partition coefficient (Wildman–Crippen LogP) is 3.05. The number of nitrogens with one attached hydrogen (secondary N) is 1. The third-order valence-electron chi connectivity index (χ3n) is 4.27. The molecule has 0 aliphatic carbocycles. The lowest BCUT2D eigenvalue weighted by molar-refractivity contribution is -0.137. The fourth-order valence-corrected chi connectivity index (χ4v) is 3.49. The molecule has 9 nitrogen and oxygen atoms in total. The molecule has 0 spiro atoms. The highest BCUT2D eigenvalue weighted by Gasteiger charge is 2.31. The number of amides is 1. The third kappa shape index (κ3) is 5.11. The Bertz CT molecular complexity index is 1200. The van der Waals surface area contributed by atoms with Crippen LogP contribution in [0.3, 0.4) is 0 Å². The second-order valence-electron chi connectivity index (χ2n) is 6.51. The molecule has 0 saturated heterocycles. The van der Waals surface area contributed by atoms with Crippen LogP contribution in [0.1, 0.15) is 11.1 Å². The van der Waals surface area contributed by atoms with Gasteiger partial charge in [0.2, 0.25) is 11.1 Å². The number of carbonyl (C=O) groups excluding carboxylic acids is 1. The van der Waals surface area contributed by atoms with Gasteiger partial charge in [0, 0.05) is 0 Å². The van der Waals surface area contributed by atoms with E-state index in [0.717, 1.165) is 29.5 Å². The van der Waals surface area contributed by atoms with Crippen LogP contribution >= 0.6 is 11.8 Å². The number of tetrazole rings is 1. The fraction of sp³-hybridized carbons (Fsp3) is 0.158. The smallest absolute Gasteiger partial charge is 0.323 e. The normalized spacial score (nSPS) is 11.5. The molecule has 32 heavy (non-hydrogen) atoms. The van der Waals surface area contributed by atoms with Crippen LogP contribution in [-0.4, -0.2) is 46.6 Å². The Kier molecular flexibility index (Phi) is 6.16. The Morgan fingerprint density at radius 1 is 1.12 bits per heavy atom. The summed E-state index contributed by atoms with van der Waals surface area (Å²) < 4.78 is 42.3. The molecule has 0 fully saturated rings. The van der Waals surface area contributed by atoms with Crippen molar-refractivity contribution in [3.63, 3.8) is 0 Å². The number of hydrogen-bond donors (Lipinski definition) is 1. The van der Waals surface area contributed by atoms with Gasteiger partial charge in [-0.15, -0.1) is 5.10 Å². The number of halogens is 3. The molecule has 13 heteroatoms. The summed E-state index contributed by atoms with van der Waals surface area (Å²) >= 11 is 1.07. The van der Waals surface area contributed by atoms with Gasteiger partial charge in [0.05, 0.1) is 29.2 Å². The number of anilines is 1. The number of rotatable bonds is 7. The van der Waals surface area contributed by atoms with Gasteiger partial charge in [0.1, 0.15) is 12.7 Å². The van der Waals surface area contributed by atoms with E-state index in [2.05, 4.69) is 30.9 Å². The number of nitrogens with zero attached hydrogens (tertiary/aromatic N) is 7. The Morgan fingerprint density at radius 2 is 1.94 bits per heavy atom. The summed E-state index contributed by atoms with van der Waals surface area (Å²) in [5.41, 5.74) is 0.297. The molecule has 0 bridgehead atoms. The highest BCUT2D eigenvalue weighted by molar-refractivity contribution is 7.99. The second-order valence-corrected chi connectivity index (χ2v) is 7.45. The molecule has 164 valence electrons. The first-order valence-corrected chi connectivity index (χ1v) is 10.2. The Morgan fingerprint density at radius 3 is 2.66 bits per heavy atom. The van der Waals surface area contributed by atoms with Gasteiger partial charge in [-0.05, 0) is 34.2 Å². The van der Waals surface area contributed by atoms with Crippen molar-refractivity contribution in [1.82, 2.24) is 35.0 Å². The maximum absolute atomic E-state index is 13.2. The Balaban J connectivity index is 1.47. The molecule has 1 N–H and O–H groups in total. The first-order chi connectivity index (χ1) is 15.4. The number of alkyl halides is 3. The molecular formula is C19H15F3N8OS. The first-order valence-electron chi connectivity index (χ1n) is 9.19. The maximum Gasteiger partial charge on any atom is 0.416 e. The Labute approximate surface area is 183 Å². The summed E-state index contributed by atoms with van der Waals surface area (Å²) in [5.74, 6) is -0.632. The van der Waals surface area contributed by atoms with Crippen molar-refractivity contribution >= 4 is 23.4 Å². The Hall–Kier alpha value is -3.74.